The minimum atomic E-state index is -4.07. The van der Waals surface area contributed by atoms with E-state index < -0.39 is 34.1 Å². The molecule has 0 saturated carbocycles. The van der Waals surface area contributed by atoms with Crippen LogP contribution in [0.1, 0.15) is 43.0 Å². The molecule has 0 fully saturated rings. The van der Waals surface area contributed by atoms with Gasteiger partial charge in [0.2, 0.25) is 5.91 Å². The second kappa shape index (κ2) is 10.3. The molecule has 1 amide bonds. The van der Waals surface area contributed by atoms with E-state index in [0.29, 0.717) is 34.2 Å². The van der Waals surface area contributed by atoms with Crippen LogP contribution in [0.2, 0.25) is 5.02 Å². The van der Waals surface area contributed by atoms with Crippen molar-refractivity contribution in [3.05, 3.63) is 82.4 Å². The fourth-order valence-corrected chi connectivity index (χ4v) is 6.11. The number of nitrogens with one attached hydrogen (secondary N) is 1. The lowest BCUT2D eigenvalue weighted by atomic mass is 9.89. The van der Waals surface area contributed by atoms with Gasteiger partial charge < -0.3 is 14.8 Å². The van der Waals surface area contributed by atoms with Gasteiger partial charge in [0, 0.05) is 17.0 Å². The van der Waals surface area contributed by atoms with Gasteiger partial charge in [-0.2, -0.15) is 0 Å². The van der Waals surface area contributed by atoms with E-state index in [2.05, 4.69) is 5.32 Å². The molecule has 37 heavy (non-hydrogen) atoms. The van der Waals surface area contributed by atoms with Gasteiger partial charge >= 0.3 is 0 Å². The van der Waals surface area contributed by atoms with Crippen LogP contribution in [0.3, 0.4) is 0 Å². The van der Waals surface area contributed by atoms with Gasteiger partial charge in [0.05, 0.1) is 23.7 Å². The Bertz CT molecular complexity index is 1420. The molecule has 0 spiro atoms. The minimum Gasteiger partial charge on any atom is -0.497 e. The summed E-state index contributed by atoms with van der Waals surface area (Å²) < 4.78 is 40.2. The van der Waals surface area contributed by atoms with Gasteiger partial charge in [-0.25, -0.2) is 8.42 Å². The van der Waals surface area contributed by atoms with Crippen molar-refractivity contribution in [3.8, 4) is 11.5 Å². The second-order valence-corrected chi connectivity index (χ2v) is 12.1. The number of fused-ring (bicyclic) bond motifs is 1. The second-order valence-electron chi connectivity index (χ2n) is 9.80. The highest BCUT2D eigenvalue weighted by Crippen LogP contribution is 2.41. The lowest BCUT2D eigenvalue weighted by Gasteiger charge is -2.38. The van der Waals surface area contributed by atoms with Crippen LogP contribution >= 0.6 is 11.6 Å². The average molecular weight is 543 g/mol. The van der Waals surface area contributed by atoms with Crippen molar-refractivity contribution in [3.63, 3.8) is 0 Å². The summed E-state index contributed by atoms with van der Waals surface area (Å²) in [7, 11) is -2.50. The van der Waals surface area contributed by atoms with Crippen molar-refractivity contribution in [1.29, 1.82) is 0 Å². The fraction of sp³-hybridized carbons (Fsp3) is 0.321. The molecule has 3 aromatic rings. The summed E-state index contributed by atoms with van der Waals surface area (Å²) in [5.74, 6) is 0.836. The number of sulfonamides is 1. The predicted molar refractivity (Wildman–Crippen MR) is 145 cm³/mol. The first kappa shape index (κ1) is 26.8. The smallest absolute Gasteiger partial charge is 0.264 e. The summed E-state index contributed by atoms with van der Waals surface area (Å²) in [5.41, 5.74) is 2.08. The van der Waals surface area contributed by atoms with Crippen LogP contribution in [0.25, 0.3) is 0 Å². The van der Waals surface area contributed by atoms with Gasteiger partial charge in [-0.3, -0.25) is 9.10 Å². The molecule has 1 heterocycles. The molecule has 7 nitrogen and oxygen atoms in total. The monoisotopic (exact) mass is 542 g/mol. The van der Waals surface area contributed by atoms with E-state index in [0.717, 1.165) is 15.4 Å². The number of methoxy groups -OCH3 is 1. The molecule has 0 aliphatic carbocycles. The van der Waals surface area contributed by atoms with E-state index in [-0.39, 0.29) is 4.90 Å². The van der Waals surface area contributed by atoms with E-state index in [1.54, 1.807) is 62.6 Å². The first-order valence-corrected chi connectivity index (χ1v) is 13.7. The van der Waals surface area contributed by atoms with E-state index in [1.165, 1.54) is 0 Å². The Kier molecular flexibility index (Phi) is 7.44. The normalized spacial score (nSPS) is 16.3. The number of hydrogen-bond donors (Lipinski definition) is 1. The number of carbonyl (C=O) groups is 1. The number of hydrogen-bond acceptors (Lipinski definition) is 5. The quantitative estimate of drug-likeness (QED) is 0.421. The molecule has 3 aromatic carbocycles. The van der Waals surface area contributed by atoms with Crippen LogP contribution < -0.4 is 19.1 Å². The van der Waals surface area contributed by atoms with Crippen LogP contribution in [0.5, 0.6) is 11.5 Å². The van der Waals surface area contributed by atoms with E-state index in [9.17, 15) is 13.2 Å². The number of anilines is 1. The Hall–Kier alpha value is -3.23. The van der Waals surface area contributed by atoms with Gasteiger partial charge in [-0.05, 0) is 75.7 Å². The molecule has 9 heteroatoms. The molecule has 1 N–H and O–H groups in total. The lowest BCUT2D eigenvalue weighted by Crippen LogP contribution is -2.45. The van der Waals surface area contributed by atoms with Crippen LogP contribution in [0, 0.1) is 13.8 Å². The summed E-state index contributed by atoms with van der Waals surface area (Å²) in [6.07, 6.45) is 0.500. The molecule has 0 bridgehead atoms. The number of rotatable bonds is 7. The first-order chi connectivity index (χ1) is 17.4. The number of benzene rings is 3. The number of ether oxygens (including phenoxy) is 2. The van der Waals surface area contributed by atoms with Crippen molar-refractivity contribution >= 4 is 33.2 Å². The summed E-state index contributed by atoms with van der Waals surface area (Å²) in [6, 6.07) is 16.6. The molecule has 196 valence electrons. The first-order valence-electron chi connectivity index (χ1n) is 11.9. The van der Waals surface area contributed by atoms with Crippen LogP contribution in [0.15, 0.2) is 65.6 Å². The average Bonchev–Trinajstić information content (AvgIpc) is 2.84. The molecule has 4 rings (SSSR count). The van der Waals surface area contributed by atoms with Crippen LogP contribution in [0.4, 0.5) is 5.69 Å². The zero-order valence-electron chi connectivity index (χ0n) is 21.5. The molecule has 1 unspecified atom stereocenters. The predicted octanol–water partition coefficient (Wildman–Crippen LogP) is 5.58. The zero-order valence-corrected chi connectivity index (χ0v) is 23.1. The Balaban J connectivity index is 1.69. The number of carbonyl (C=O) groups excluding carboxylic acids is 1. The molecular formula is C28H31ClN2O5S. The standard InChI is InChI=1S/C28H31ClN2O5S/c1-18-9-12-21(13-10-18)37(33,34)31(25-8-6-7-23(29)19(25)2)17-27(32)30-24-16-28(3,4)36-26-14-11-20(35-5)15-22(24)26/h6-15,24H,16-17H2,1-5H3,(H,30,32). The number of amides is 1. The van der Waals surface area contributed by atoms with Gasteiger partial charge in [-0.15, -0.1) is 0 Å². The van der Waals surface area contributed by atoms with Crippen molar-refractivity contribution < 1.29 is 22.7 Å². The molecule has 0 radical (unpaired) electrons. The van der Waals surface area contributed by atoms with Gasteiger partial charge in [0.25, 0.3) is 10.0 Å². The third-order valence-electron chi connectivity index (χ3n) is 6.41. The van der Waals surface area contributed by atoms with E-state index >= 15 is 0 Å². The zero-order chi connectivity index (χ0) is 27.0. The highest BCUT2D eigenvalue weighted by Gasteiger charge is 2.36. The highest BCUT2D eigenvalue weighted by atomic mass is 35.5. The summed E-state index contributed by atoms with van der Waals surface area (Å²) >= 11 is 6.34. The van der Waals surface area contributed by atoms with E-state index in [1.807, 2.05) is 32.9 Å². The van der Waals surface area contributed by atoms with Crippen molar-refractivity contribution in [2.24, 2.45) is 0 Å². The Morgan fingerprint density at radius 2 is 1.84 bits per heavy atom. The number of halogens is 1. The number of aryl methyl sites for hydroxylation is 1. The van der Waals surface area contributed by atoms with Crippen molar-refractivity contribution in [2.45, 2.75) is 50.7 Å². The largest absolute Gasteiger partial charge is 0.497 e. The highest BCUT2D eigenvalue weighted by molar-refractivity contribution is 7.92. The fourth-order valence-electron chi connectivity index (χ4n) is 4.46. The Morgan fingerprint density at radius 3 is 2.51 bits per heavy atom. The van der Waals surface area contributed by atoms with Gasteiger partial charge in [0.15, 0.2) is 0 Å². The van der Waals surface area contributed by atoms with Gasteiger partial charge in [0.1, 0.15) is 23.6 Å². The summed E-state index contributed by atoms with van der Waals surface area (Å²) in [5, 5.41) is 3.45. The van der Waals surface area contributed by atoms with E-state index in [4.69, 9.17) is 21.1 Å². The van der Waals surface area contributed by atoms with Gasteiger partial charge in [-0.1, -0.05) is 35.4 Å². The Labute approximate surface area is 223 Å². The van der Waals surface area contributed by atoms with Crippen molar-refractivity contribution in [2.75, 3.05) is 18.0 Å². The minimum absolute atomic E-state index is 0.0903. The lowest BCUT2D eigenvalue weighted by molar-refractivity contribution is -0.120. The molecule has 0 aromatic heterocycles. The van der Waals surface area contributed by atoms with Crippen molar-refractivity contribution in [1.82, 2.24) is 5.32 Å². The molecular weight excluding hydrogens is 512 g/mol. The third-order valence-corrected chi connectivity index (χ3v) is 8.60. The summed E-state index contributed by atoms with van der Waals surface area (Å²) in [4.78, 5) is 13.6. The molecule has 1 atom stereocenters. The maximum absolute atomic E-state index is 13.8. The molecule has 1 aliphatic heterocycles. The Morgan fingerprint density at radius 1 is 1.14 bits per heavy atom. The summed E-state index contributed by atoms with van der Waals surface area (Å²) in [6.45, 7) is 7.09. The van der Waals surface area contributed by atoms with Crippen LogP contribution in [-0.2, 0) is 14.8 Å². The maximum atomic E-state index is 13.8. The molecule has 1 aliphatic rings. The SMILES string of the molecule is COc1ccc2c(c1)C(NC(=O)CN(c1cccc(Cl)c1C)S(=O)(=O)c1ccc(C)cc1)CC(C)(C)O2. The number of nitrogens with zero attached hydrogens (tertiary/aromatic N) is 1. The van der Waals surface area contributed by atoms with Crippen LogP contribution in [-0.4, -0.2) is 33.6 Å². The maximum Gasteiger partial charge on any atom is 0.264 e. The third kappa shape index (κ3) is 5.70. The topological polar surface area (TPSA) is 84.9 Å². The molecule has 0 saturated heterocycles.